The van der Waals surface area contributed by atoms with Crippen molar-refractivity contribution in [2.75, 3.05) is 30.6 Å². The molecule has 0 bridgehead atoms. The van der Waals surface area contributed by atoms with Crippen molar-refractivity contribution in [2.45, 2.75) is 4.34 Å². The van der Waals surface area contributed by atoms with Crippen LogP contribution in [0.5, 0.6) is 11.5 Å². The van der Waals surface area contributed by atoms with Gasteiger partial charge < -0.3 is 20.1 Å². The van der Waals surface area contributed by atoms with Crippen molar-refractivity contribution in [2.24, 2.45) is 0 Å². The molecule has 0 spiro atoms. The predicted octanol–water partition coefficient (Wildman–Crippen LogP) is 5.44. The zero-order chi connectivity index (χ0) is 24.1. The molecular weight excluding hydrogens is 477 g/mol. The molecule has 1 aromatic heterocycles. The van der Waals surface area contributed by atoms with Gasteiger partial charge >= 0.3 is 0 Å². The van der Waals surface area contributed by atoms with Crippen LogP contribution in [-0.2, 0) is 4.79 Å². The highest BCUT2D eigenvalue weighted by atomic mass is 32.2. The highest BCUT2D eigenvalue weighted by Gasteiger charge is 2.13. The van der Waals surface area contributed by atoms with Gasteiger partial charge in [-0.1, -0.05) is 23.9 Å². The summed E-state index contributed by atoms with van der Waals surface area (Å²) in [5.41, 5.74) is 1.95. The Morgan fingerprint density at radius 2 is 1.79 bits per heavy atom. The largest absolute Gasteiger partial charge is 0.493 e. The lowest BCUT2D eigenvalue weighted by Gasteiger charge is -2.10. The molecule has 174 valence electrons. The van der Waals surface area contributed by atoms with Crippen LogP contribution in [0.3, 0.4) is 0 Å². The second-order valence-corrected chi connectivity index (χ2v) is 9.26. The second kappa shape index (κ2) is 10.5. The highest BCUT2D eigenvalue weighted by Crippen LogP contribution is 2.32. The van der Waals surface area contributed by atoms with E-state index in [1.54, 1.807) is 42.5 Å². The van der Waals surface area contributed by atoms with E-state index in [1.807, 2.05) is 6.07 Å². The van der Waals surface area contributed by atoms with Gasteiger partial charge in [0.2, 0.25) is 5.91 Å². The quantitative estimate of drug-likeness (QED) is 0.315. The molecule has 0 aliphatic carbocycles. The van der Waals surface area contributed by atoms with Crippen LogP contribution in [0.2, 0.25) is 0 Å². The minimum Gasteiger partial charge on any atom is -0.493 e. The van der Waals surface area contributed by atoms with Crippen molar-refractivity contribution in [3.63, 3.8) is 0 Å². The van der Waals surface area contributed by atoms with E-state index in [2.05, 4.69) is 15.6 Å². The molecule has 0 aliphatic rings. The molecule has 0 radical (unpaired) electrons. The number of nitrogens with zero attached hydrogens (tertiary/aromatic N) is 1. The number of hydrogen-bond donors (Lipinski definition) is 2. The van der Waals surface area contributed by atoms with Gasteiger partial charge in [-0.15, -0.1) is 11.3 Å². The van der Waals surface area contributed by atoms with Crippen LogP contribution >= 0.6 is 23.1 Å². The number of amides is 2. The number of halogens is 1. The Bertz CT molecular complexity index is 1360. The van der Waals surface area contributed by atoms with E-state index in [0.29, 0.717) is 27.1 Å². The first-order chi connectivity index (χ1) is 16.5. The number of benzene rings is 3. The van der Waals surface area contributed by atoms with Gasteiger partial charge in [-0.2, -0.15) is 0 Å². The van der Waals surface area contributed by atoms with Crippen LogP contribution in [0, 0.1) is 5.82 Å². The number of aromatic nitrogens is 1. The maximum atomic E-state index is 13.7. The Hall–Kier alpha value is -3.63. The summed E-state index contributed by atoms with van der Waals surface area (Å²) in [4.78, 5) is 29.4. The van der Waals surface area contributed by atoms with Crippen LogP contribution in [-0.4, -0.2) is 36.8 Å². The number of fused-ring (bicyclic) bond motifs is 1. The Balaban J connectivity index is 1.40. The van der Waals surface area contributed by atoms with Crippen LogP contribution in [0.4, 0.5) is 15.8 Å². The van der Waals surface area contributed by atoms with Gasteiger partial charge in [0.15, 0.2) is 15.8 Å². The van der Waals surface area contributed by atoms with E-state index in [4.69, 9.17) is 9.47 Å². The Kier molecular flexibility index (Phi) is 7.29. The molecule has 4 aromatic rings. The normalized spacial score (nSPS) is 10.7. The van der Waals surface area contributed by atoms with Crippen molar-refractivity contribution < 1.29 is 23.5 Å². The second-order valence-electron chi connectivity index (χ2n) is 7.00. The fourth-order valence-electron chi connectivity index (χ4n) is 3.10. The number of para-hydroxylation sites is 1. The molecule has 0 fully saturated rings. The highest BCUT2D eigenvalue weighted by molar-refractivity contribution is 8.01. The average molecular weight is 498 g/mol. The summed E-state index contributed by atoms with van der Waals surface area (Å²) in [5, 5.41) is 5.42. The molecule has 7 nitrogen and oxygen atoms in total. The monoisotopic (exact) mass is 497 g/mol. The molecule has 1 heterocycles. The van der Waals surface area contributed by atoms with E-state index < -0.39 is 5.82 Å². The van der Waals surface area contributed by atoms with Crippen molar-refractivity contribution in [1.82, 2.24) is 4.98 Å². The van der Waals surface area contributed by atoms with Crippen LogP contribution in [0.15, 0.2) is 65.0 Å². The van der Waals surface area contributed by atoms with Gasteiger partial charge in [-0.25, -0.2) is 9.37 Å². The van der Waals surface area contributed by atoms with Crippen molar-refractivity contribution in [3.05, 3.63) is 72.0 Å². The molecule has 0 atom stereocenters. The molecule has 2 N–H and O–H groups in total. The molecule has 3 aromatic carbocycles. The number of hydrogen-bond acceptors (Lipinski definition) is 7. The Morgan fingerprint density at radius 3 is 2.56 bits per heavy atom. The molecule has 0 saturated carbocycles. The van der Waals surface area contributed by atoms with Gasteiger partial charge in [-0.3, -0.25) is 9.59 Å². The third kappa shape index (κ3) is 5.46. The van der Waals surface area contributed by atoms with Gasteiger partial charge in [0.05, 0.1) is 35.9 Å². The Morgan fingerprint density at radius 1 is 1.00 bits per heavy atom. The summed E-state index contributed by atoms with van der Waals surface area (Å²) in [6, 6.07) is 16.3. The van der Waals surface area contributed by atoms with Crippen molar-refractivity contribution in [1.29, 1.82) is 0 Å². The minimum atomic E-state index is -0.483. The fraction of sp³-hybridized carbons (Fsp3) is 0.125. The molecule has 0 unspecified atom stereocenters. The van der Waals surface area contributed by atoms with E-state index in [0.717, 1.165) is 10.2 Å². The average Bonchev–Trinajstić information content (AvgIpc) is 3.26. The number of anilines is 2. The number of carbonyl (C=O) groups is 2. The number of thioether (sulfide) groups is 1. The topological polar surface area (TPSA) is 89.5 Å². The lowest BCUT2D eigenvalue weighted by molar-refractivity contribution is -0.113. The number of carbonyl (C=O) groups excluding carboxylic acids is 2. The van der Waals surface area contributed by atoms with Crippen LogP contribution in [0.1, 0.15) is 10.4 Å². The SMILES string of the molecule is COc1ccc(C(=O)Nc2ccc3nc(SCC(=O)Nc4ccccc4F)sc3c2)cc1OC. The van der Waals surface area contributed by atoms with E-state index in [-0.39, 0.29) is 23.3 Å². The van der Waals surface area contributed by atoms with Crippen molar-refractivity contribution in [3.8, 4) is 11.5 Å². The summed E-state index contributed by atoms with van der Waals surface area (Å²) in [6.07, 6.45) is 0. The van der Waals surface area contributed by atoms with Crippen LogP contribution in [0.25, 0.3) is 10.2 Å². The Labute approximate surface area is 203 Å². The zero-order valence-corrected chi connectivity index (χ0v) is 19.9. The van der Waals surface area contributed by atoms with Crippen LogP contribution < -0.4 is 20.1 Å². The maximum Gasteiger partial charge on any atom is 0.255 e. The maximum absolute atomic E-state index is 13.7. The summed E-state index contributed by atoms with van der Waals surface area (Å²) in [6.45, 7) is 0. The first-order valence-corrected chi connectivity index (χ1v) is 11.9. The third-order valence-electron chi connectivity index (χ3n) is 4.75. The standard InChI is InChI=1S/C24H20FN3O4S2/c1-31-19-10-7-14(11-20(19)32-2)23(30)26-15-8-9-18-21(12-15)34-24(28-18)33-13-22(29)27-17-6-4-3-5-16(17)25/h3-12H,13H2,1-2H3,(H,26,30)(H,27,29). The molecule has 2 amide bonds. The zero-order valence-electron chi connectivity index (χ0n) is 18.3. The van der Waals surface area contributed by atoms with E-state index in [9.17, 15) is 14.0 Å². The smallest absolute Gasteiger partial charge is 0.255 e. The molecule has 4 rings (SSSR count). The number of methoxy groups -OCH3 is 2. The molecule has 34 heavy (non-hydrogen) atoms. The predicted molar refractivity (Wildman–Crippen MR) is 133 cm³/mol. The third-order valence-corrected chi connectivity index (χ3v) is 6.91. The molecule has 0 aliphatic heterocycles. The summed E-state index contributed by atoms with van der Waals surface area (Å²) < 4.78 is 25.7. The number of thiazole rings is 1. The van der Waals surface area contributed by atoms with Gasteiger partial charge in [0, 0.05) is 11.3 Å². The first-order valence-electron chi connectivity index (χ1n) is 10.1. The lowest BCUT2D eigenvalue weighted by atomic mass is 10.2. The molecule has 0 saturated heterocycles. The van der Waals surface area contributed by atoms with E-state index in [1.165, 1.54) is 49.5 Å². The minimum absolute atomic E-state index is 0.0943. The number of ether oxygens (including phenoxy) is 2. The lowest BCUT2D eigenvalue weighted by Crippen LogP contribution is -2.14. The number of nitrogens with one attached hydrogen (secondary N) is 2. The first kappa shape index (κ1) is 23.5. The molecule has 10 heteroatoms. The fourth-order valence-corrected chi connectivity index (χ4v) is 5.01. The molecular formula is C24H20FN3O4S2. The van der Waals surface area contributed by atoms with E-state index >= 15 is 0 Å². The summed E-state index contributed by atoms with van der Waals surface area (Å²) in [5.74, 6) is 0.00769. The van der Waals surface area contributed by atoms with Crippen molar-refractivity contribution >= 4 is 56.5 Å². The van der Waals surface area contributed by atoms with Gasteiger partial charge in [0.25, 0.3) is 5.91 Å². The van der Waals surface area contributed by atoms with Gasteiger partial charge in [-0.05, 0) is 48.5 Å². The van der Waals surface area contributed by atoms with Gasteiger partial charge in [0.1, 0.15) is 5.82 Å². The summed E-state index contributed by atoms with van der Waals surface area (Å²) in [7, 11) is 3.04. The number of rotatable bonds is 8. The summed E-state index contributed by atoms with van der Waals surface area (Å²) >= 11 is 2.67.